The lowest BCUT2D eigenvalue weighted by atomic mass is 10.1. The predicted molar refractivity (Wildman–Crippen MR) is 67.7 cm³/mol. The number of nitriles is 2. The van der Waals surface area contributed by atoms with Crippen molar-refractivity contribution in [3.63, 3.8) is 0 Å². The molecule has 0 atom stereocenters. The number of rotatable bonds is 3. The van der Waals surface area contributed by atoms with Crippen molar-refractivity contribution in [3.05, 3.63) is 33.8 Å². The maximum atomic E-state index is 8.70. The lowest BCUT2D eigenvalue weighted by Gasteiger charge is -2.06. The third-order valence-electron chi connectivity index (χ3n) is 1.82. The number of benzene rings is 1. The van der Waals surface area contributed by atoms with E-state index < -0.39 is 0 Å². The van der Waals surface area contributed by atoms with Gasteiger partial charge in [-0.25, -0.2) is 0 Å². The third kappa shape index (κ3) is 3.68. The molecule has 0 aliphatic heterocycles. The summed E-state index contributed by atoms with van der Waals surface area (Å²) < 4.78 is 6.14. The van der Waals surface area contributed by atoms with Gasteiger partial charge in [0.05, 0.1) is 0 Å². The van der Waals surface area contributed by atoms with Gasteiger partial charge in [-0.3, -0.25) is 0 Å². The number of halogens is 1. The second kappa shape index (κ2) is 6.38. The molecular formula is C13H7BrN2O. The molecule has 0 radical (unpaired) electrons. The summed E-state index contributed by atoms with van der Waals surface area (Å²) in [7, 11) is 0. The van der Waals surface area contributed by atoms with Gasteiger partial charge in [0.2, 0.25) is 0 Å². The van der Waals surface area contributed by atoms with Crippen LogP contribution in [0.3, 0.4) is 0 Å². The molecule has 0 amide bonds. The van der Waals surface area contributed by atoms with Crippen LogP contribution in [0.4, 0.5) is 0 Å². The van der Waals surface area contributed by atoms with Crippen LogP contribution in [0.25, 0.3) is 6.08 Å². The molecule has 0 bridgehead atoms. The Balaban J connectivity index is 3.18. The zero-order valence-electron chi connectivity index (χ0n) is 8.77. The van der Waals surface area contributed by atoms with Crippen molar-refractivity contribution in [1.82, 2.24) is 0 Å². The molecule has 0 N–H and O–H groups in total. The molecule has 1 aromatic carbocycles. The zero-order valence-corrected chi connectivity index (χ0v) is 10.4. The van der Waals surface area contributed by atoms with Crippen LogP contribution in [-0.4, -0.2) is 6.61 Å². The summed E-state index contributed by atoms with van der Waals surface area (Å²) in [6.07, 6.45) is 6.56. The minimum Gasteiger partial charge on any atom is -0.480 e. The highest BCUT2D eigenvalue weighted by molar-refractivity contribution is 9.10. The highest BCUT2D eigenvalue weighted by Crippen LogP contribution is 2.25. The van der Waals surface area contributed by atoms with Crippen LogP contribution < -0.4 is 4.74 Å². The van der Waals surface area contributed by atoms with Gasteiger partial charge < -0.3 is 4.74 Å². The Bertz CT molecular complexity index is 555. The highest BCUT2D eigenvalue weighted by atomic mass is 79.9. The first-order valence-corrected chi connectivity index (χ1v) is 5.38. The van der Waals surface area contributed by atoms with Gasteiger partial charge in [-0.2, -0.15) is 10.5 Å². The summed E-state index contributed by atoms with van der Waals surface area (Å²) in [6, 6.07) is 8.85. The van der Waals surface area contributed by atoms with Crippen LogP contribution in [0.5, 0.6) is 5.75 Å². The van der Waals surface area contributed by atoms with Gasteiger partial charge in [0.1, 0.15) is 30.1 Å². The van der Waals surface area contributed by atoms with Crippen molar-refractivity contribution in [3.8, 4) is 30.2 Å². The van der Waals surface area contributed by atoms with E-state index in [1.165, 1.54) is 6.08 Å². The number of allylic oxidation sites excluding steroid dienone is 1. The first kappa shape index (κ1) is 12.8. The molecule has 17 heavy (non-hydrogen) atoms. The Labute approximate surface area is 108 Å². The number of nitrogens with zero attached hydrogens (tertiary/aromatic N) is 2. The second-order valence-corrected chi connectivity index (χ2v) is 3.87. The second-order valence-electron chi connectivity index (χ2n) is 2.96. The fraction of sp³-hybridized carbons (Fsp3) is 0.0769. The standard InChI is InChI=1S/C13H7BrN2O/c1-2-5-17-13-4-3-12(14)7-11(13)6-10(8-15)9-16/h1,3-4,6-7H,5H2. The smallest absolute Gasteiger partial charge is 0.148 e. The number of hydrogen-bond acceptors (Lipinski definition) is 3. The molecule has 0 aliphatic rings. The fourth-order valence-electron chi connectivity index (χ4n) is 1.13. The first-order chi connectivity index (χ1) is 8.21. The summed E-state index contributed by atoms with van der Waals surface area (Å²) in [4.78, 5) is 0. The molecular weight excluding hydrogens is 280 g/mol. The molecule has 0 saturated heterocycles. The van der Waals surface area contributed by atoms with Crippen LogP contribution in [0.1, 0.15) is 5.56 Å². The van der Waals surface area contributed by atoms with Crippen molar-refractivity contribution in [2.45, 2.75) is 0 Å². The zero-order chi connectivity index (χ0) is 12.7. The van der Waals surface area contributed by atoms with Crippen LogP contribution in [0.15, 0.2) is 28.2 Å². The van der Waals surface area contributed by atoms with Crippen LogP contribution in [0, 0.1) is 35.0 Å². The maximum Gasteiger partial charge on any atom is 0.148 e. The maximum absolute atomic E-state index is 8.70. The average Bonchev–Trinajstić information content (AvgIpc) is 2.35. The van der Waals surface area contributed by atoms with Crippen molar-refractivity contribution in [1.29, 1.82) is 10.5 Å². The molecule has 0 aromatic heterocycles. The normalized spacial score (nSPS) is 8.35. The number of hydrogen-bond donors (Lipinski definition) is 0. The summed E-state index contributed by atoms with van der Waals surface area (Å²) in [5, 5.41) is 17.4. The van der Waals surface area contributed by atoms with Crippen molar-refractivity contribution in [2.24, 2.45) is 0 Å². The summed E-state index contributed by atoms with van der Waals surface area (Å²) in [5.41, 5.74) is 0.640. The monoisotopic (exact) mass is 286 g/mol. The third-order valence-corrected chi connectivity index (χ3v) is 2.32. The largest absolute Gasteiger partial charge is 0.480 e. The van der Waals surface area contributed by atoms with Gasteiger partial charge in [0.25, 0.3) is 0 Å². The van der Waals surface area contributed by atoms with E-state index in [0.29, 0.717) is 11.3 Å². The predicted octanol–water partition coefficient (Wildman–Crippen LogP) is 2.89. The van der Waals surface area contributed by atoms with E-state index in [9.17, 15) is 0 Å². The Morgan fingerprint density at radius 1 is 1.41 bits per heavy atom. The van der Waals surface area contributed by atoms with Crippen molar-refractivity contribution in [2.75, 3.05) is 6.61 Å². The summed E-state index contributed by atoms with van der Waals surface area (Å²) in [6.45, 7) is 0.136. The van der Waals surface area contributed by atoms with Crippen LogP contribution in [-0.2, 0) is 0 Å². The van der Waals surface area contributed by atoms with E-state index in [1.807, 2.05) is 0 Å². The Morgan fingerprint density at radius 3 is 2.71 bits per heavy atom. The summed E-state index contributed by atoms with van der Waals surface area (Å²) >= 11 is 3.31. The Kier molecular flexibility index (Phi) is 4.82. The lowest BCUT2D eigenvalue weighted by molar-refractivity contribution is 0.369. The Hall–Kier alpha value is -2.22. The SMILES string of the molecule is C#CCOc1ccc(Br)cc1C=C(C#N)C#N. The molecule has 1 rings (SSSR count). The molecule has 1 aromatic rings. The first-order valence-electron chi connectivity index (χ1n) is 4.59. The van der Waals surface area contributed by atoms with Gasteiger partial charge in [-0.05, 0) is 24.3 Å². The van der Waals surface area contributed by atoms with Crippen molar-refractivity contribution < 1.29 is 4.74 Å². The molecule has 0 heterocycles. The van der Waals surface area contributed by atoms with E-state index in [1.54, 1.807) is 30.3 Å². The highest BCUT2D eigenvalue weighted by Gasteiger charge is 2.04. The molecule has 82 valence electrons. The average molecular weight is 287 g/mol. The van der Waals surface area contributed by atoms with E-state index in [-0.39, 0.29) is 12.2 Å². The van der Waals surface area contributed by atoms with Gasteiger partial charge in [-0.15, -0.1) is 6.42 Å². The van der Waals surface area contributed by atoms with Crippen LogP contribution >= 0.6 is 15.9 Å². The minimum absolute atomic E-state index is 0.00802. The van der Waals surface area contributed by atoms with E-state index in [4.69, 9.17) is 21.7 Å². The molecule has 0 saturated carbocycles. The fourth-order valence-corrected chi connectivity index (χ4v) is 1.51. The Morgan fingerprint density at radius 2 is 2.12 bits per heavy atom. The van der Waals surface area contributed by atoms with Gasteiger partial charge in [-0.1, -0.05) is 21.9 Å². The van der Waals surface area contributed by atoms with Gasteiger partial charge >= 0.3 is 0 Å². The summed E-state index contributed by atoms with van der Waals surface area (Å²) in [5.74, 6) is 2.89. The van der Waals surface area contributed by atoms with E-state index >= 15 is 0 Å². The molecule has 4 heteroatoms. The quantitative estimate of drug-likeness (QED) is 0.634. The number of ether oxygens (including phenoxy) is 1. The van der Waals surface area contributed by atoms with Gasteiger partial charge in [0.15, 0.2) is 0 Å². The molecule has 0 unspecified atom stereocenters. The molecule has 0 aliphatic carbocycles. The molecule has 0 spiro atoms. The van der Waals surface area contributed by atoms with Crippen LogP contribution in [0.2, 0.25) is 0 Å². The van der Waals surface area contributed by atoms with E-state index in [0.717, 1.165) is 4.47 Å². The molecule has 3 nitrogen and oxygen atoms in total. The van der Waals surface area contributed by atoms with E-state index in [2.05, 4.69) is 21.9 Å². The number of terminal acetylenes is 1. The van der Waals surface area contributed by atoms with Crippen molar-refractivity contribution >= 4 is 22.0 Å². The topological polar surface area (TPSA) is 56.8 Å². The lowest BCUT2D eigenvalue weighted by Crippen LogP contribution is -1.95. The minimum atomic E-state index is 0.00802. The molecule has 0 fully saturated rings. The van der Waals surface area contributed by atoms with Gasteiger partial charge in [0, 0.05) is 10.0 Å².